The van der Waals surface area contributed by atoms with Crippen LogP contribution in [0, 0.1) is 0 Å². The largest absolute Gasteiger partial charge is 0.469 e. The fourth-order valence-corrected chi connectivity index (χ4v) is 1.13. The fourth-order valence-electron chi connectivity index (χ4n) is 0.782. The number of phosphoric ester groups is 1. The van der Waals surface area contributed by atoms with Gasteiger partial charge in [-0.3, -0.25) is 4.52 Å². The molecule has 0 aromatic heterocycles. The summed E-state index contributed by atoms with van der Waals surface area (Å²) in [5.41, 5.74) is 0. The summed E-state index contributed by atoms with van der Waals surface area (Å²) in [6.07, 6.45) is -7.80. The molecular weight excluding hydrogens is 293 g/mol. The quantitative estimate of drug-likeness (QED) is 0.156. The van der Waals surface area contributed by atoms with Crippen molar-refractivity contribution in [1.29, 1.82) is 0 Å². The molecule has 98 valence electrons. The van der Waals surface area contributed by atoms with Gasteiger partial charge in [-0.2, -0.15) is 0 Å². The van der Waals surface area contributed by atoms with Gasteiger partial charge >= 0.3 is 7.82 Å². The van der Waals surface area contributed by atoms with E-state index in [9.17, 15) is 9.36 Å². The number of aliphatic hydroxyl groups excluding tert-OH is 4. The van der Waals surface area contributed by atoms with Gasteiger partial charge in [0.05, 0.1) is 6.61 Å². The summed E-state index contributed by atoms with van der Waals surface area (Å²) in [4.78, 5) is 26.6. The van der Waals surface area contributed by atoms with Crippen LogP contribution < -0.4 is 0 Å². The predicted octanol–water partition coefficient (Wildman–Crippen LogP) is -4.02. The molecule has 18 heavy (non-hydrogen) atoms. The van der Waals surface area contributed by atoms with Gasteiger partial charge in [0.25, 0.3) is 0 Å². The monoisotopic (exact) mass is 306 g/mol. The van der Waals surface area contributed by atoms with Crippen molar-refractivity contribution in [3.63, 3.8) is 0 Å². The number of carbonyl (C=O) groups is 1. The van der Waals surface area contributed by atoms with E-state index in [0.29, 0.717) is 0 Å². The Morgan fingerprint density at radius 1 is 1.06 bits per heavy atom. The van der Waals surface area contributed by atoms with Crippen molar-refractivity contribution in [2.45, 2.75) is 24.4 Å². The molecule has 12 heteroatoms. The summed E-state index contributed by atoms with van der Waals surface area (Å²) in [5.74, 6) is 0. The average Bonchev–Trinajstić information content (AvgIpc) is 2.21. The van der Waals surface area contributed by atoms with E-state index in [-0.39, 0.29) is 65.4 Å². The maximum Gasteiger partial charge on any atom is 0.469 e. The van der Waals surface area contributed by atoms with Crippen molar-refractivity contribution in [1.82, 2.24) is 0 Å². The Labute approximate surface area is 147 Å². The van der Waals surface area contributed by atoms with Crippen LogP contribution in [0.5, 0.6) is 0 Å². The molecule has 0 unspecified atom stereocenters. The van der Waals surface area contributed by atoms with Gasteiger partial charge < -0.3 is 35.0 Å². The van der Waals surface area contributed by atoms with E-state index in [4.69, 9.17) is 30.2 Å². The first-order valence-electron chi connectivity index (χ1n) is 4.06. The van der Waals surface area contributed by atoms with E-state index in [0.717, 1.165) is 0 Å². The van der Waals surface area contributed by atoms with Gasteiger partial charge in [0, 0.05) is 59.1 Å². The third kappa shape index (κ3) is 10.4. The van der Waals surface area contributed by atoms with Gasteiger partial charge in [0.1, 0.15) is 24.4 Å². The molecule has 0 aliphatic carbocycles. The van der Waals surface area contributed by atoms with E-state index in [1.165, 1.54) is 0 Å². The van der Waals surface area contributed by atoms with Crippen molar-refractivity contribution < 1.29 is 44.1 Å². The van der Waals surface area contributed by atoms with Gasteiger partial charge in [-0.1, -0.05) is 0 Å². The first-order valence-corrected chi connectivity index (χ1v) is 5.59. The summed E-state index contributed by atoms with van der Waals surface area (Å²) >= 11 is 0. The molecule has 0 fully saturated rings. The number of hydrogen-bond donors (Lipinski definition) is 6. The molecular formula is C6H13Na2O9P. The van der Waals surface area contributed by atoms with E-state index < -0.39 is 38.8 Å². The molecule has 0 bridgehead atoms. The number of carbonyl (C=O) groups excluding carboxylic acids is 1. The number of aldehydes is 1. The van der Waals surface area contributed by atoms with Crippen LogP contribution in [-0.4, -0.2) is 127 Å². The van der Waals surface area contributed by atoms with Crippen LogP contribution in [0.15, 0.2) is 0 Å². The van der Waals surface area contributed by atoms with Crippen LogP contribution in [-0.2, 0) is 13.9 Å². The van der Waals surface area contributed by atoms with Crippen LogP contribution in [0.2, 0.25) is 0 Å². The number of aliphatic hydroxyl groups is 4. The topological polar surface area (TPSA) is 165 Å². The Balaban J connectivity index is -0.00000112. The third-order valence-corrected chi connectivity index (χ3v) is 2.13. The number of rotatable bonds is 7. The van der Waals surface area contributed by atoms with Crippen molar-refractivity contribution in [2.24, 2.45) is 0 Å². The molecule has 9 nitrogen and oxygen atoms in total. The smallest absolute Gasteiger partial charge is 0.388 e. The Morgan fingerprint density at radius 3 is 1.83 bits per heavy atom. The first kappa shape index (κ1) is 24.6. The van der Waals surface area contributed by atoms with Crippen LogP contribution in [0.3, 0.4) is 0 Å². The van der Waals surface area contributed by atoms with Crippen LogP contribution >= 0.6 is 7.82 Å². The molecule has 2 radical (unpaired) electrons. The van der Waals surface area contributed by atoms with Gasteiger partial charge in [0.15, 0.2) is 6.29 Å². The Hall–Kier alpha value is 1.62. The molecule has 0 aliphatic rings. The van der Waals surface area contributed by atoms with Crippen molar-refractivity contribution >= 4 is 73.2 Å². The molecule has 0 aliphatic heterocycles. The standard InChI is InChI=1S/C6H13O9P.2Na/c7-1-3(8)5(10)6(11)4(9)2-15-16(12,13)14;;/h1,3-6,8-11H,2H2,(H2,12,13,14);;/t3-,4-,5-,6-;;/m1../s1. The predicted molar refractivity (Wildman–Crippen MR) is 59.6 cm³/mol. The maximum absolute atomic E-state index is 10.2. The van der Waals surface area contributed by atoms with Gasteiger partial charge in [-0.25, -0.2) is 4.57 Å². The van der Waals surface area contributed by atoms with Crippen molar-refractivity contribution in [3.05, 3.63) is 0 Å². The van der Waals surface area contributed by atoms with Gasteiger partial charge in [-0.05, 0) is 0 Å². The normalized spacial score (nSPS) is 17.7. The molecule has 0 saturated heterocycles. The molecule has 0 aromatic carbocycles. The average molecular weight is 306 g/mol. The first-order chi connectivity index (χ1) is 7.19. The molecule has 0 spiro atoms. The minimum absolute atomic E-state index is 0. The SMILES string of the molecule is O=C[C@@H](O)[C@@H](O)[C@H](O)[C@H](O)COP(=O)(O)O.[Na].[Na]. The zero-order chi connectivity index (χ0) is 12.9. The van der Waals surface area contributed by atoms with Crippen molar-refractivity contribution in [2.75, 3.05) is 6.61 Å². The Bertz CT molecular complexity index is 272. The van der Waals surface area contributed by atoms with Gasteiger partial charge in [-0.15, -0.1) is 0 Å². The second-order valence-corrected chi connectivity index (χ2v) is 4.20. The van der Waals surface area contributed by atoms with Crippen molar-refractivity contribution in [3.8, 4) is 0 Å². The molecule has 0 saturated carbocycles. The molecule has 6 N–H and O–H groups in total. The summed E-state index contributed by atoms with van der Waals surface area (Å²) in [5, 5.41) is 36.1. The number of hydrogen-bond acceptors (Lipinski definition) is 7. The zero-order valence-electron chi connectivity index (χ0n) is 9.95. The number of phosphoric acid groups is 1. The van der Waals surface area contributed by atoms with Gasteiger partial charge in [0.2, 0.25) is 0 Å². The van der Waals surface area contributed by atoms with E-state index >= 15 is 0 Å². The van der Waals surface area contributed by atoms with Crippen LogP contribution in [0.4, 0.5) is 0 Å². The zero-order valence-corrected chi connectivity index (χ0v) is 14.8. The van der Waals surface area contributed by atoms with Crippen LogP contribution in [0.25, 0.3) is 0 Å². The Morgan fingerprint density at radius 2 is 1.50 bits per heavy atom. The summed E-state index contributed by atoms with van der Waals surface area (Å²) in [7, 11) is -4.80. The molecule has 0 aromatic rings. The van der Waals surface area contributed by atoms with E-state index in [1.807, 2.05) is 0 Å². The fraction of sp³-hybridized carbons (Fsp3) is 0.833. The molecule has 0 heterocycles. The molecule has 4 atom stereocenters. The van der Waals surface area contributed by atoms with E-state index in [1.54, 1.807) is 0 Å². The summed E-state index contributed by atoms with van der Waals surface area (Å²) < 4.78 is 14.1. The second-order valence-electron chi connectivity index (χ2n) is 2.96. The Kier molecular flexibility index (Phi) is 15.5. The summed E-state index contributed by atoms with van der Waals surface area (Å²) in [6.45, 7) is -0.964. The molecule has 0 amide bonds. The second kappa shape index (κ2) is 11.3. The minimum atomic E-state index is -4.80. The molecule has 0 rings (SSSR count). The summed E-state index contributed by atoms with van der Waals surface area (Å²) in [6, 6.07) is 0. The van der Waals surface area contributed by atoms with E-state index in [2.05, 4.69) is 4.52 Å². The third-order valence-electron chi connectivity index (χ3n) is 1.65. The minimum Gasteiger partial charge on any atom is -0.388 e. The maximum atomic E-state index is 10.2. The van der Waals surface area contributed by atoms with Crippen LogP contribution in [0.1, 0.15) is 0 Å².